The number of rotatable bonds is 6. The number of nitrogens with one attached hydrogen (secondary N) is 2. The molecule has 0 aliphatic rings. The van der Waals surface area contributed by atoms with Crippen molar-refractivity contribution >= 4 is 49.1 Å². The van der Waals surface area contributed by atoms with Crippen molar-refractivity contribution in [3.8, 4) is 0 Å². The van der Waals surface area contributed by atoms with Gasteiger partial charge in [0.2, 0.25) is 15.9 Å². The minimum atomic E-state index is -3.88. The number of sulfonamides is 1. The highest BCUT2D eigenvalue weighted by atomic mass is 35.5. The number of carbonyl (C=O) groups is 1. The van der Waals surface area contributed by atoms with Gasteiger partial charge < -0.3 is 9.88 Å². The average Bonchev–Trinajstić information content (AvgIpc) is 3.10. The van der Waals surface area contributed by atoms with Gasteiger partial charge in [-0.05, 0) is 42.6 Å². The molecular weight excluding hydrogens is 424 g/mol. The van der Waals surface area contributed by atoms with Crippen LogP contribution in [0.1, 0.15) is 12.7 Å². The molecule has 1 atom stereocenters. The van der Waals surface area contributed by atoms with Crippen molar-refractivity contribution in [2.75, 3.05) is 7.05 Å². The summed E-state index contributed by atoms with van der Waals surface area (Å²) in [6.07, 6.45) is 0. The Bertz CT molecular complexity index is 1170. The summed E-state index contributed by atoms with van der Waals surface area (Å²) in [6, 6.07) is 6.34. The number of carbonyl (C=O) groups excluding carboxylic acids is 1. The fraction of sp³-hybridized carbons (Fsp3) is 0.235. The van der Waals surface area contributed by atoms with Crippen LogP contribution in [0, 0.1) is 0 Å². The van der Waals surface area contributed by atoms with Crippen LogP contribution in [-0.4, -0.2) is 42.3 Å². The van der Waals surface area contributed by atoms with E-state index in [2.05, 4.69) is 14.7 Å². The molecule has 148 valence electrons. The van der Waals surface area contributed by atoms with Gasteiger partial charge in [0, 0.05) is 12.1 Å². The second-order valence-corrected chi connectivity index (χ2v) is 9.21. The Balaban J connectivity index is 1.71. The molecule has 8 nitrogen and oxygen atoms in total. The van der Waals surface area contributed by atoms with Gasteiger partial charge in [0.05, 0.1) is 23.0 Å². The zero-order chi connectivity index (χ0) is 20.5. The Hall–Kier alpha value is -2.27. The molecule has 0 bridgehead atoms. The molecule has 2 N–H and O–H groups in total. The molecule has 3 aromatic rings. The summed E-state index contributed by atoms with van der Waals surface area (Å²) in [7, 11) is -2.38. The number of H-pyrrole nitrogens is 1. The summed E-state index contributed by atoms with van der Waals surface area (Å²) in [5.74, 6) is -0.148. The molecule has 3 rings (SSSR count). The first-order valence-corrected chi connectivity index (χ1v) is 10.9. The Morgan fingerprint density at radius 2 is 2.00 bits per heavy atom. The lowest BCUT2D eigenvalue weighted by Crippen LogP contribution is -2.45. The maximum Gasteiger partial charge on any atom is 0.268 e. The molecule has 0 unspecified atom stereocenters. The monoisotopic (exact) mass is 440 g/mol. The number of fused-ring (bicyclic) bond motifs is 1. The van der Waals surface area contributed by atoms with E-state index >= 15 is 0 Å². The predicted octanol–water partition coefficient (Wildman–Crippen LogP) is 1.96. The Kier molecular flexibility index (Phi) is 5.84. The largest absolute Gasteiger partial charge is 0.337 e. The smallest absolute Gasteiger partial charge is 0.268 e. The van der Waals surface area contributed by atoms with Crippen LogP contribution in [0.2, 0.25) is 5.02 Å². The summed E-state index contributed by atoms with van der Waals surface area (Å²) in [5, 5.41) is 2.17. The molecule has 1 aromatic carbocycles. The fourth-order valence-electron chi connectivity index (χ4n) is 2.59. The predicted molar refractivity (Wildman–Crippen MR) is 108 cm³/mol. The first-order valence-electron chi connectivity index (χ1n) is 8.16. The molecule has 0 spiro atoms. The lowest BCUT2D eigenvalue weighted by Gasteiger charge is -2.21. The van der Waals surface area contributed by atoms with Crippen molar-refractivity contribution in [2.24, 2.45) is 0 Å². The molecule has 2 aromatic heterocycles. The van der Waals surface area contributed by atoms with Gasteiger partial charge in [-0.25, -0.2) is 13.4 Å². The molecule has 28 heavy (non-hydrogen) atoms. The van der Waals surface area contributed by atoms with Crippen LogP contribution in [0.15, 0.2) is 45.4 Å². The van der Waals surface area contributed by atoms with E-state index in [1.807, 2.05) is 0 Å². The van der Waals surface area contributed by atoms with Gasteiger partial charge in [-0.2, -0.15) is 4.72 Å². The van der Waals surface area contributed by atoms with Gasteiger partial charge >= 0.3 is 0 Å². The number of halogens is 1. The fourth-order valence-corrected chi connectivity index (χ4v) is 4.64. The summed E-state index contributed by atoms with van der Waals surface area (Å²) in [4.78, 5) is 32.9. The standard InChI is InChI=1S/C17H17ClN4O4S2/c1-10(21-28(25,26)12-5-3-11(18)4-6-12)17(24)22(2)9-14-19-13-7-8-27-15(13)16(23)20-14/h3-8,10,21H,9H2,1-2H3,(H,19,20,23)/t10-/m0/s1. The summed E-state index contributed by atoms with van der Waals surface area (Å²) < 4.78 is 27.7. The molecule has 2 heterocycles. The third-order valence-corrected chi connectivity index (χ3v) is 6.66. The second kappa shape index (κ2) is 8.00. The van der Waals surface area contributed by atoms with E-state index in [0.717, 1.165) is 0 Å². The van der Waals surface area contributed by atoms with E-state index in [1.165, 1.54) is 54.5 Å². The van der Waals surface area contributed by atoms with Crippen molar-refractivity contribution in [2.45, 2.75) is 24.4 Å². The van der Waals surface area contributed by atoms with Gasteiger partial charge in [0.1, 0.15) is 10.5 Å². The van der Waals surface area contributed by atoms with Gasteiger partial charge in [-0.1, -0.05) is 11.6 Å². The molecule has 11 heteroatoms. The molecule has 0 saturated carbocycles. The number of likely N-dealkylation sites (N-methyl/N-ethyl adjacent to an activating group) is 1. The minimum absolute atomic E-state index is 0.00751. The number of benzene rings is 1. The van der Waals surface area contributed by atoms with Crippen molar-refractivity contribution < 1.29 is 13.2 Å². The number of nitrogens with zero attached hydrogens (tertiary/aromatic N) is 2. The van der Waals surface area contributed by atoms with Crippen LogP contribution < -0.4 is 10.3 Å². The molecule has 0 saturated heterocycles. The van der Waals surface area contributed by atoms with Gasteiger partial charge in [0.25, 0.3) is 5.56 Å². The van der Waals surface area contributed by atoms with Crippen LogP contribution in [0.4, 0.5) is 0 Å². The molecular formula is C17H17ClN4O4S2. The lowest BCUT2D eigenvalue weighted by atomic mass is 10.3. The number of hydrogen-bond acceptors (Lipinski definition) is 6. The third-order valence-electron chi connectivity index (χ3n) is 3.95. The van der Waals surface area contributed by atoms with Crippen molar-refractivity contribution in [1.82, 2.24) is 19.6 Å². The van der Waals surface area contributed by atoms with Crippen LogP contribution in [0.3, 0.4) is 0 Å². The lowest BCUT2D eigenvalue weighted by molar-refractivity contribution is -0.131. The number of aromatic nitrogens is 2. The molecule has 0 radical (unpaired) electrons. The second-order valence-electron chi connectivity index (χ2n) is 6.14. The Morgan fingerprint density at radius 3 is 2.68 bits per heavy atom. The number of thiophene rings is 1. The van der Waals surface area contributed by atoms with Crippen LogP contribution in [-0.2, 0) is 21.4 Å². The zero-order valence-electron chi connectivity index (χ0n) is 15.0. The summed E-state index contributed by atoms with van der Waals surface area (Å²) in [5.41, 5.74) is 0.286. The maximum atomic E-state index is 12.6. The molecule has 0 fully saturated rings. The van der Waals surface area contributed by atoms with Gasteiger partial charge in [-0.15, -0.1) is 11.3 Å². The average molecular weight is 441 g/mol. The van der Waals surface area contributed by atoms with E-state index < -0.39 is 22.0 Å². The van der Waals surface area contributed by atoms with Crippen LogP contribution >= 0.6 is 22.9 Å². The molecule has 0 aliphatic heterocycles. The van der Waals surface area contributed by atoms with Crippen LogP contribution in [0.5, 0.6) is 0 Å². The SMILES string of the molecule is C[C@H](NS(=O)(=O)c1ccc(Cl)cc1)C(=O)N(C)Cc1nc2ccsc2c(=O)[nH]1. The number of amides is 1. The van der Waals surface area contributed by atoms with E-state index in [-0.39, 0.29) is 17.0 Å². The first-order chi connectivity index (χ1) is 13.2. The highest BCUT2D eigenvalue weighted by Gasteiger charge is 2.25. The van der Waals surface area contributed by atoms with Gasteiger partial charge in [-0.3, -0.25) is 9.59 Å². The van der Waals surface area contributed by atoms with Crippen molar-refractivity contribution in [1.29, 1.82) is 0 Å². The van der Waals surface area contributed by atoms with E-state index in [4.69, 9.17) is 11.6 Å². The van der Waals surface area contributed by atoms with Gasteiger partial charge in [0.15, 0.2) is 0 Å². The number of hydrogen-bond donors (Lipinski definition) is 2. The van der Waals surface area contributed by atoms with E-state index in [9.17, 15) is 18.0 Å². The first kappa shape index (κ1) is 20.5. The zero-order valence-corrected chi connectivity index (χ0v) is 17.4. The summed E-state index contributed by atoms with van der Waals surface area (Å²) in [6.45, 7) is 1.48. The topological polar surface area (TPSA) is 112 Å². The van der Waals surface area contributed by atoms with E-state index in [1.54, 1.807) is 11.4 Å². The Labute approximate surface area is 170 Å². The highest BCUT2D eigenvalue weighted by Crippen LogP contribution is 2.16. The van der Waals surface area contributed by atoms with Crippen molar-refractivity contribution in [3.63, 3.8) is 0 Å². The Morgan fingerprint density at radius 1 is 1.32 bits per heavy atom. The van der Waals surface area contributed by atoms with Crippen LogP contribution in [0.25, 0.3) is 10.2 Å². The third kappa shape index (κ3) is 4.41. The normalized spacial score (nSPS) is 12.8. The summed E-state index contributed by atoms with van der Waals surface area (Å²) >= 11 is 7.06. The number of aromatic amines is 1. The quantitative estimate of drug-likeness (QED) is 0.608. The van der Waals surface area contributed by atoms with E-state index in [0.29, 0.717) is 21.1 Å². The van der Waals surface area contributed by atoms with Crippen molar-refractivity contribution in [3.05, 3.63) is 56.9 Å². The molecule has 0 aliphatic carbocycles. The molecule has 1 amide bonds. The maximum absolute atomic E-state index is 12.6. The highest BCUT2D eigenvalue weighted by molar-refractivity contribution is 7.89. The minimum Gasteiger partial charge on any atom is -0.337 e.